The number of ether oxygens (including phenoxy) is 2. The third-order valence-electron chi connectivity index (χ3n) is 4.21. The lowest BCUT2D eigenvalue weighted by molar-refractivity contribution is 0.323. The van der Waals surface area contributed by atoms with Crippen LogP contribution in [0.5, 0.6) is 11.5 Å². The van der Waals surface area contributed by atoms with Crippen molar-refractivity contribution in [3.8, 4) is 11.5 Å². The highest BCUT2D eigenvalue weighted by Gasteiger charge is 2.12. The Bertz CT molecular complexity index is 750. The van der Waals surface area contributed by atoms with E-state index in [9.17, 15) is 0 Å². The van der Waals surface area contributed by atoms with Crippen molar-refractivity contribution >= 4 is 5.69 Å². The van der Waals surface area contributed by atoms with Crippen molar-refractivity contribution in [1.29, 1.82) is 0 Å². The SMILES string of the molecule is C=CCOc1c(CC=C)cc(CNc2cccc(C)c2C)cc1OC. The molecule has 0 atom stereocenters. The molecule has 0 saturated heterocycles. The molecule has 0 aliphatic heterocycles. The van der Waals surface area contributed by atoms with E-state index in [1.807, 2.05) is 12.1 Å². The van der Waals surface area contributed by atoms with E-state index in [1.165, 1.54) is 11.1 Å². The molecule has 2 aromatic rings. The zero-order valence-corrected chi connectivity index (χ0v) is 15.4. The van der Waals surface area contributed by atoms with Gasteiger partial charge in [0.15, 0.2) is 11.5 Å². The summed E-state index contributed by atoms with van der Waals surface area (Å²) in [5, 5.41) is 3.51. The minimum atomic E-state index is 0.445. The summed E-state index contributed by atoms with van der Waals surface area (Å²) < 4.78 is 11.3. The summed E-state index contributed by atoms with van der Waals surface area (Å²) in [6.07, 6.45) is 4.32. The van der Waals surface area contributed by atoms with E-state index < -0.39 is 0 Å². The topological polar surface area (TPSA) is 30.5 Å². The van der Waals surface area contributed by atoms with Crippen LogP contribution in [0, 0.1) is 13.8 Å². The molecule has 0 aliphatic carbocycles. The summed E-state index contributed by atoms with van der Waals surface area (Å²) in [6, 6.07) is 10.5. The Kier molecular flexibility index (Phi) is 6.70. The van der Waals surface area contributed by atoms with Crippen molar-refractivity contribution in [2.24, 2.45) is 0 Å². The number of nitrogens with one attached hydrogen (secondary N) is 1. The second kappa shape index (κ2) is 8.97. The van der Waals surface area contributed by atoms with Crippen LogP contribution < -0.4 is 14.8 Å². The first-order chi connectivity index (χ1) is 12.1. The first kappa shape index (κ1) is 18.7. The van der Waals surface area contributed by atoms with Crippen molar-refractivity contribution in [3.05, 3.63) is 77.9 Å². The van der Waals surface area contributed by atoms with Crippen LogP contribution in [0.2, 0.25) is 0 Å². The van der Waals surface area contributed by atoms with Gasteiger partial charge < -0.3 is 14.8 Å². The first-order valence-electron chi connectivity index (χ1n) is 8.45. The van der Waals surface area contributed by atoms with E-state index in [0.29, 0.717) is 13.2 Å². The van der Waals surface area contributed by atoms with Gasteiger partial charge in [-0.1, -0.05) is 30.9 Å². The molecule has 0 fully saturated rings. The standard InChI is InChI=1S/C22H27NO2/c1-6-9-19-13-18(14-21(24-5)22(19)25-12-7-2)15-23-20-11-8-10-16(3)17(20)4/h6-8,10-11,13-14,23H,1-2,9,12,15H2,3-5H3. The van der Waals surface area contributed by atoms with Gasteiger partial charge in [-0.3, -0.25) is 0 Å². The molecule has 0 bridgehead atoms. The lowest BCUT2D eigenvalue weighted by Gasteiger charge is -2.17. The van der Waals surface area contributed by atoms with Crippen LogP contribution in [-0.4, -0.2) is 13.7 Å². The number of hydrogen-bond donors (Lipinski definition) is 1. The number of rotatable bonds is 9. The van der Waals surface area contributed by atoms with Gasteiger partial charge in [-0.15, -0.1) is 6.58 Å². The maximum atomic E-state index is 5.80. The summed E-state index contributed by atoms with van der Waals surface area (Å²) in [7, 11) is 1.66. The third-order valence-corrected chi connectivity index (χ3v) is 4.21. The molecule has 0 amide bonds. The summed E-state index contributed by atoms with van der Waals surface area (Å²) >= 11 is 0. The van der Waals surface area contributed by atoms with Crippen LogP contribution in [0.15, 0.2) is 55.6 Å². The van der Waals surface area contributed by atoms with Crippen molar-refractivity contribution in [2.45, 2.75) is 26.8 Å². The predicted molar refractivity (Wildman–Crippen MR) is 106 cm³/mol. The zero-order valence-electron chi connectivity index (χ0n) is 15.4. The average Bonchev–Trinajstić information content (AvgIpc) is 2.61. The van der Waals surface area contributed by atoms with Crippen molar-refractivity contribution < 1.29 is 9.47 Å². The molecule has 3 heteroatoms. The van der Waals surface area contributed by atoms with Crippen molar-refractivity contribution in [2.75, 3.05) is 19.0 Å². The van der Waals surface area contributed by atoms with E-state index in [1.54, 1.807) is 13.2 Å². The monoisotopic (exact) mass is 337 g/mol. The summed E-state index contributed by atoms with van der Waals surface area (Å²) in [5.41, 5.74) is 5.90. The highest BCUT2D eigenvalue weighted by Crippen LogP contribution is 2.34. The Morgan fingerprint density at radius 2 is 1.92 bits per heavy atom. The molecule has 1 N–H and O–H groups in total. The molecule has 2 rings (SSSR count). The Labute approximate surface area is 151 Å². The number of hydrogen-bond acceptors (Lipinski definition) is 3. The quantitative estimate of drug-likeness (QED) is 0.637. The fourth-order valence-electron chi connectivity index (χ4n) is 2.73. The Hall–Kier alpha value is -2.68. The van der Waals surface area contributed by atoms with Crippen LogP contribution in [0.3, 0.4) is 0 Å². The normalized spacial score (nSPS) is 10.2. The van der Waals surface area contributed by atoms with Crippen LogP contribution >= 0.6 is 0 Å². The van der Waals surface area contributed by atoms with Gasteiger partial charge in [0, 0.05) is 17.8 Å². The molecule has 0 unspecified atom stereocenters. The summed E-state index contributed by atoms with van der Waals surface area (Å²) in [5.74, 6) is 1.50. The third kappa shape index (κ3) is 4.66. The molecule has 132 valence electrons. The number of benzene rings is 2. The smallest absolute Gasteiger partial charge is 0.165 e. The van der Waals surface area contributed by atoms with Gasteiger partial charge in [0.05, 0.1) is 7.11 Å². The zero-order chi connectivity index (χ0) is 18.2. The van der Waals surface area contributed by atoms with Gasteiger partial charge >= 0.3 is 0 Å². The molecule has 0 heterocycles. The molecule has 0 radical (unpaired) electrons. The van der Waals surface area contributed by atoms with Gasteiger partial charge in [0.25, 0.3) is 0 Å². The van der Waals surface area contributed by atoms with E-state index >= 15 is 0 Å². The highest BCUT2D eigenvalue weighted by molar-refractivity contribution is 5.55. The summed E-state index contributed by atoms with van der Waals surface area (Å²) in [4.78, 5) is 0. The molecular formula is C22H27NO2. The van der Waals surface area contributed by atoms with Crippen LogP contribution in [0.4, 0.5) is 5.69 Å². The molecular weight excluding hydrogens is 310 g/mol. The van der Waals surface area contributed by atoms with E-state index in [0.717, 1.165) is 34.7 Å². The largest absolute Gasteiger partial charge is 0.493 e. The predicted octanol–water partition coefficient (Wildman–Crippen LogP) is 5.22. The molecule has 0 aliphatic rings. The fourth-order valence-corrected chi connectivity index (χ4v) is 2.73. The lowest BCUT2D eigenvalue weighted by Crippen LogP contribution is -2.05. The number of anilines is 1. The van der Waals surface area contributed by atoms with Gasteiger partial charge in [-0.2, -0.15) is 0 Å². The van der Waals surface area contributed by atoms with Gasteiger partial charge in [-0.25, -0.2) is 0 Å². The minimum absolute atomic E-state index is 0.445. The molecule has 0 spiro atoms. The Morgan fingerprint density at radius 3 is 2.60 bits per heavy atom. The molecule has 25 heavy (non-hydrogen) atoms. The Morgan fingerprint density at radius 1 is 1.12 bits per heavy atom. The molecule has 2 aromatic carbocycles. The second-order valence-corrected chi connectivity index (χ2v) is 5.98. The van der Waals surface area contributed by atoms with Gasteiger partial charge in [0.1, 0.15) is 6.61 Å². The van der Waals surface area contributed by atoms with Crippen LogP contribution in [-0.2, 0) is 13.0 Å². The fraction of sp³-hybridized carbons (Fsp3) is 0.273. The van der Waals surface area contributed by atoms with Gasteiger partial charge in [0.2, 0.25) is 0 Å². The highest BCUT2D eigenvalue weighted by atomic mass is 16.5. The van der Waals surface area contributed by atoms with Crippen molar-refractivity contribution in [1.82, 2.24) is 0 Å². The molecule has 0 aromatic heterocycles. The maximum Gasteiger partial charge on any atom is 0.165 e. The lowest BCUT2D eigenvalue weighted by atomic mass is 10.0. The van der Waals surface area contributed by atoms with E-state index in [-0.39, 0.29) is 0 Å². The summed E-state index contributed by atoms with van der Waals surface area (Å²) in [6.45, 7) is 13.0. The molecule has 3 nitrogen and oxygen atoms in total. The maximum absolute atomic E-state index is 5.80. The number of aryl methyl sites for hydroxylation is 1. The van der Waals surface area contributed by atoms with Crippen LogP contribution in [0.1, 0.15) is 22.3 Å². The minimum Gasteiger partial charge on any atom is -0.493 e. The number of methoxy groups -OCH3 is 1. The van der Waals surface area contributed by atoms with Gasteiger partial charge in [-0.05, 0) is 55.2 Å². The second-order valence-electron chi connectivity index (χ2n) is 5.98. The molecule has 0 saturated carbocycles. The Balaban J connectivity index is 2.28. The van der Waals surface area contributed by atoms with Crippen LogP contribution in [0.25, 0.3) is 0 Å². The first-order valence-corrected chi connectivity index (χ1v) is 8.45. The van der Waals surface area contributed by atoms with Crippen molar-refractivity contribution in [3.63, 3.8) is 0 Å². The van der Waals surface area contributed by atoms with E-state index in [2.05, 4.69) is 56.6 Å². The number of allylic oxidation sites excluding steroid dienone is 1. The van der Waals surface area contributed by atoms with E-state index in [4.69, 9.17) is 9.47 Å². The average molecular weight is 337 g/mol.